The molecule has 0 aliphatic carbocycles. The molecule has 19 heavy (non-hydrogen) atoms. The molecule has 0 aliphatic rings. The van der Waals surface area contributed by atoms with Crippen molar-refractivity contribution in [1.82, 2.24) is 14.7 Å². The van der Waals surface area contributed by atoms with E-state index >= 15 is 0 Å². The van der Waals surface area contributed by atoms with Crippen LogP contribution in [0.5, 0.6) is 0 Å². The van der Waals surface area contributed by atoms with Crippen molar-refractivity contribution in [3.63, 3.8) is 0 Å². The minimum atomic E-state index is 0.763. The van der Waals surface area contributed by atoms with E-state index in [4.69, 9.17) is 0 Å². The minimum Gasteiger partial charge on any atom is -0.381 e. The summed E-state index contributed by atoms with van der Waals surface area (Å²) >= 11 is 0. The van der Waals surface area contributed by atoms with Crippen LogP contribution >= 0.6 is 0 Å². The van der Waals surface area contributed by atoms with Crippen LogP contribution in [0.1, 0.15) is 11.1 Å². The van der Waals surface area contributed by atoms with E-state index in [1.54, 1.807) is 10.9 Å². The van der Waals surface area contributed by atoms with Crippen molar-refractivity contribution in [3.05, 3.63) is 54.4 Å². The van der Waals surface area contributed by atoms with Gasteiger partial charge in [0.25, 0.3) is 0 Å². The van der Waals surface area contributed by atoms with Gasteiger partial charge in [0.05, 0.1) is 6.20 Å². The van der Waals surface area contributed by atoms with Gasteiger partial charge in [-0.25, -0.2) is 4.68 Å². The van der Waals surface area contributed by atoms with E-state index in [0.717, 1.165) is 24.3 Å². The standard InChI is InChI=1S/C15H20N4/c1-4-19-12-14(10-17-19)9-16-15-7-5-6-13(8-15)11-18(2)3/h4-8,10,12,16H,1,9,11H2,2-3H3. The molecule has 0 saturated heterocycles. The Kier molecular flexibility index (Phi) is 4.36. The van der Waals surface area contributed by atoms with Crippen molar-refractivity contribution in [2.75, 3.05) is 19.4 Å². The summed E-state index contributed by atoms with van der Waals surface area (Å²) in [5.74, 6) is 0. The fourth-order valence-corrected chi connectivity index (χ4v) is 1.92. The molecule has 1 aromatic heterocycles. The lowest BCUT2D eigenvalue weighted by molar-refractivity contribution is 0.402. The average Bonchev–Trinajstić information content (AvgIpc) is 2.84. The Morgan fingerprint density at radius 1 is 1.37 bits per heavy atom. The summed E-state index contributed by atoms with van der Waals surface area (Å²) in [7, 11) is 4.15. The van der Waals surface area contributed by atoms with Gasteiger partial charge in [-0.3, -0.25) is 0 Å². The Morgan fingerprint density at radius 2 is 2.21 bits per heavy atom. The number of hydrogen-bond acceptors (Lipinski definition) is 3. The van der Waals surface area contributed by atoms with Crippen molar-refractivity contribution in [1.29, 1.82) is 0 Å². The van der Waals surface area contributed by atoms with E-state index in [1.165, 1.54) is 5.56 Å². The molecule has 4 heteroatoms. The van der Waals surface area contributed by atoms with E-state index in [2.05, 4.69) is 60.3 Å². The largest absolute Gasteiger partial charge is 0.381 e. The van der Waals surface area contributed by atoms with E-state index < -0.39 is 0 Å². The van der Waals surface area contributed by atoms with Crippen LogP contribution in [0.2, 0.25) is 0 Å². The van der Waals surface area contributed by atoms with E-state index in [9.17, 15) is 0 Å². The second kappa shape index (κ2) is 6.20. The van der Waals surface area contributed by atoms with Gasteiger partial charge >= 0.3 is 0 Å². The molecule has 0 unspecified atom stereocenters. The average molecular weight is 256 g/mol. The van der Waals surface area contributed by atoms with Crippen LogP contribution in [-0.2, 0) is 13.1 Å². The molecule has 1 heterocycles. The van der Waals surface area contributed by atoms with Gasteiger partial charge in [-0.05, 0) is 31.8 Å². The first-order chi connectivity index (χ1) is 9.17. The molecule has 0 radical (unpaired) electrons. The maximum atomic E-state index is 4.16. The number of anilines is 1. The highest BCUT2D eigenvalue weighted by molar-refractivity contribution is 5.46. The van der Waals surface area contributed by atoms with Gasteiger partial charge in [0.1, 0.15) is 0 Å². The summed E-state index contributed by atoms with van der Waals surface area (Å²) in [4.78, 5) is 2.16. The number of benzene rings is 1. The van der Waals surface area contributed by atoms with Gasteiger partial charge < -0.3 is 10.2 Å². The summed E-state index contributed by atoms with van der Waals surface area (Å²) in [5, 5.41) is 7.56. The molecule has 0 saturated carbocycles. The van der Waals surface area contributed by atoms with Crippen LogP contribution in [0.3, 0.4) is 0 Å². The van der Waals surface area contributed by atoms with Gasteiger partial charge in [-0.15, -0.1) is 0 Å². The quantitative estimate of drug-likeness (QED) is 0.862. The lowest BCUT2D eigenvalue weighted by Gasteiger charge is -2.11. The van der Waals surface area contributed by atoms with Crippen molar-refractivity contribution in [2.45, 2.75) is 13.1 Å². The van der Waals surface area contributed by atoms with Crippen LogP contribution in [0.25, 0.3) is 6.20 Å². The number of aromatic nitrogens is 2. The van der Waals surface area contributed by atoms with Crippen molar-refractivity contribution in [2.24, 2.45) is 0 Å². The molecule has 0 fully saturated rings. The smallest absolute Gasteiger partial charge is 0.0543 e. The molecule has 0 atom stereocenters. The zero-order valence-corrected chi connectivity index (χ0v) is 11.5. The Hall–Kier alpha value is -2.07. The molecule has 0 amide bonds. The second-order valence-corrected chi connectivity index (χ2v) is 4.80. The normalized spacial score (nSPS) is 10.7. The molecule has 0 bridgehead atoms. The molecule has 0 spiro atoms. The van der Waals surface area contributed by atoms with Crippen LogP contribution in [0.4, 0.5) is 5.69 Å². The SMILES string of the molecule is C=Cn1cc(CNc2cccc(CN(C)C)c2)cn1. The number of nitrogens with one attached hydrogen (secondary N) is 1. The van der Waals surface area contributed by atoms with Gasteiger partial charge in [-0.2, -0.15) is 5.10 Å². The zero-order valence-electron chi connectivity index (χ0n) is 11.5. The van der Waals surface area contributed by atoms with Crippen molar-refractivity contribution < 1.29 is 0 Å². The van der Waals surface area contributed by atoms with E-state index in [-0.39, 0.29) is 0 Å². The number of rotatable bonds is 6. The fourth-order valence-electron chi connectivity index (χ4n) is 1.92. The summed E-state index contributed by atoms with van der Waals surface area (Å²) < 4.78 is 1.71. The topological polar surface area (TPSA) is 33.1 Å². The Morgan fingerprint density at radius 3 is 2.89 bits per heavy atom. The van der Waals surface area contributed by atoms with Crippen LogP contribution in [0, 0.1) is 0 Å². The monoisotopic (exact) mass is 256 g/mol. The third-order valence-corrected chi connectivity index (χ3v) is 2.76. The first kappa shape index (κ1) is 13.4. The minimum absolute atomic E-state index is 0.763. The van der Waals surface area contributed by atoms with Crippen molar-refractivity contribution in [3.8, 4) is 0 Å². The van der Waals surface area contributed by atoms with Gasteiger partial charge in [0, 0.05) is 36.7 Å². The van der Waals surface area contributed by atoms with E-state index in [0.29, 0.717) is 0 Å². The lowest BCUT2D eigenvalue weighted by Crippen LogP contribution is -2.10. The summed E-state index contributed by atoms with van der Waals surface area (Å²) in [6.07, 6.45) is 5.49. The van der Waals surface area contributed by atoms with Gasteiger partial charge in [-0.1, -0.05) is 18.7 Å². The molecule has 0 aliphatic heterocycles. The molecule has 2 aromatic rings. The molecule has 4 nitrogen and oxygen atoms in total. The Balaban J connectivity index is 1.97. The summed E-state index contributed by atoms with van der Waals surface area (Å²) in [6, 6.07) is 8.48. The number of nitrogens with zero attached hydrogens (tertiary/aromatic N) is 3. The third-order valence-electron chi connectivity index (χ3n) is 2.76. The van der Waals surface area contributed by atoms with Crippen molar-refractivity contribution >= 4 is 11.9 Å². The fraction of sp³-hybridized carbons (Fsp3) is 0.267. The predicted octanol–water partition coefficient (Wildman–Crippen LogP) is 2.66. The maximum Gasteiger partial charge on any atom is 0.0543 e. The third kappa shape index (κ3) is 3.96. The maximum absolute atomic E-state index is 4.16. The first-order valence-corrected chi connectivity index (χ1v) is 6.30. The predicted molar refractivity (Wildman–Crippen MR) is 79.8 cm³/mol. The lowest BCUT2D eigenvalue weighted by atomic mass is 10.2. The van der Waals surface area contributed by atoms with E-state index in [1.807, 2.05) is 12.4 Å². The summed E-state index contributed by atoms with van der Waals surface area (Å²) in [6.45, 7) is 5.39. The Labute approximate surface area is 114 Å². The highest BCUT2D eigenvalue weighted by Gasteiger charge is 1.99. The Bertz CT molecular complexity index is 543. The molecular formula is C15H20N4. The summed E-state index contributed by atoms with van der Waals surface area (Å²) in [5.41, 5.74) is 3.57. The van der Waals surface area contributed by atoms with Crippen LogP contribution in [0.15, 0.2) is 43.2 Å². The molecule has 2 rings (SSSR count). The van der Waals surface area contributed by atoms with Gasteiger partial charge in [0.2, 0.25) is 0 Å². The molecule has 1 N–H and O–H groups in total. The molecule has 100 valence electrons. The highest BCUT2D eigenvalue weighted by atomic mass is 15.2. The number of hydrogen-bond donors (Lipinski definition) is 1. The zero-order chi connectivity index (χ0) is 13.7. The first-order valence-electron chi connectivity index (χ1n) is 6.30. The highest BCUT2D eigenvalue weighted by Crippen LogP contribution is 2.13. The van der Waals surface area contributed by atoms with Gasteiger partial charge in [0.15, 0.2) is 0 Å². The van der Waals surface area contributed by atoms with Crippen LogP contribution < -0.4 is 5.32 Å². The second-order valence-electron chi connectivity index (χ2n) is 4.80. The molecule has 1 aromatic carbocycles. The molecular weight excluding hydrogens is 236 g/mol. The van der Waals surface area contributed by atoms with Crippen LogP contribution in [-0.4, -0.2) is 28.8 Å².